The number of amides is 1. The second kappa shape index (κ2) is 38.6. The minimum atomic E-state index is -1.57. The Balaban J connectivity index is 2.35. The first kappa shape index (κ1) is 53.4. The Morgan fingerprint density at radius 3 is 1.53 bits per heavy atom. The molecule has 1 saturated heterocycles. The highest BCUT2D eigenvalue weighted by atomic mass is 16.7. The number of unbranched alkanes of at least 4 members (excludes halogenated alkanes) is 25. The molecule has 0 radical (unpaired) electrons. The van der Waals surface area contributed by atoms with Gasteiger partial charge in [-0.3, -0.25) is 4.79 Å². The average Bonchev–Trinajstić information content (AvgIpc) is 3.21. The Kier molecular flexibility index (Phi) is 36.2. The summed E-state index contributed by atoms with van der Waals surface area (Å²) >= 11 is 0. The molecule has 334 valence electrons. The lowest BCUT2D eigenvalue weighted by atomic mass is 9.99. The van der Waals surface area contributed by atoms with Crippen LogP contribution in [0.15, 0.2) is 36.5 Å². The van der Waals surface area contributed by atoms with Crippen LogP contribution in [0.1, 0.15) is 206 Å². The Morgan fingerprint density at radius 1 is 0.596 bits per heavy atom. The molecule has 0 spiro atoms. The molecule has 1 aliphatic heterocycles. The predicted molar refractivity (Wildman–Crippen MR) is 235 cm³/mol. The number of ether oxygens (including phenoxy) is 2. The van der Waals surface area contributed by atoms with Crippen molar-refractivity contribution in [1.82, 2.24) is 5.32 Å². The van der Waals surface area contributed by atoms with E-state index in [4.69, 9.17) is 9.47 Å². The van der Waals surface area contributed by atoms with Crippen LogP contribution in [0.3, 0.4) is 0 Å². The second-order valence-electron chi connectivity index (χ2n) is 16.5. The molecule has 1 rings (SSSR count). The molecule has 6 N–H and O–H groups in total. The zero-order valence-corrected chi connectivity index (χ0v) is 36.6. The average molecular weight is 808 g/mol. The highest BCUT2D eigenvalue weighted by molar-refractivity contribution is 5.76. The third-order valence-electron chi connectivity index (χ3n) is 11.2. The summed E-state index contributed by atoms with van der Waals surface area (Å²) in [7, 11) is 0. The Morgan fingerprint density at radius 2 is 1.04 bits per heavy atom. The maximum Gasteiger partial charge on any atom is 0.220 e. The van der Waals surface area contributed by atoms with Crippen molar-refractivity contribution in [3.05, 3.63) is 36.5 Å². The van der Waals surface area contributed by atoms with E-state index in [-0.39, 0.29) is 12.5 Å². The maximum atomic E-state index is 13.0. The van der Waals surface area contributed by atoms with Gasteiger partial charge in [0.15, 0.2) is 6.29 Å². The lowest BCUT2D eigenvalue weighted by Gasteiger charge is -2.40. The second-order valence-corrected chi connectivity index (χ2v) is 16.5. The Labute approximate surface area is 349 Å². The third kappa shape index (κ3) is 29.3. The summed E-state index contributed by atoms with van der Waals surface area (Å²) in [6, 6.07) is -0.807. The molecule has 1 fully saturated rings. The predicted octanol–water partition coefficient (Wildman–Crippen LogP) is 10.1. The van der Waals surface area contributed by atoms with E-state index in [1.54, 1.807) is 6.08 Å². The standard InChI is InChI=1S/C48H89NO8/c1-3-5-7-9-11-13-15-17-19-21-22-24-26-28-30-32-34-36-38-44(52)49-41(40-56-48-47(55)46(54)45(53)43(39-50)57-48)42(51)37-35-33-31-29-27-25-23-20-18-16-14-12-10-8-6-4-2/h13,15,19,21,35,37,41-43,45-48,50-51,53-55H,3-12,14,16-18,20,22-34,36,38-40H2,1-2H3,(H,49,52)/b15-13-,21-19-,37-35+. The minimum Gasteiger partial charge on any atom is -0.394 e. The fraction of sp³-hybridized carbons (Fsp3) is 0.854. The maximum absolute atomic E-state index is 13.0. The molecule has 1 aliphatic rings. The molecule has 7 unspecified atom stereocenters. The molecule has 0 aromatic carbocycles. The summed E-state index contributed by atoms with van der Waals surface area (Å²) in [5.41, 5.74) is 0. The number of hydrogen-bond acceptors (Lipinski definition) is 8. The first-order valence-corrected chi connectivity index (χ1v) is 23.7. The van der Waals surface area contributed by atoms with Gasteiger partial charge in [-0.15, -0.1) is 0 Å². The lowest BCUT2D eigenvalue weighted by molar-refractivity contribution is -0.302. The van der Waals surface area contributed by atoms with Gasteiger partial charge in [-0.05, 0) is 51.4 Å². The van der Waals surface area contributed by atoms with Gasteiger partial charge in [-0.2, -0.15) is 0 Å². The van der Waals surface area contributed by atoms with Crippen molar-refractivity contribution in [3.8, 4) is 0 Å². The molecule has 0 saturated carbocycles. The minimum absolute atomic E-state index is 0.185. The van der Waals surface area contributed by atoms with Crippen molar-refractivity contribution in [1.29, 1.82) is 0 Å². The summed E-state index contributed by atoms with van der Waals surface area (Å²) in [6.07, 6.45) is 40.3. The smallest absolute Gasteiger partial charge is 0.220 e. The van der Waals surface area contributed by atoms with Crippen LogP contribution in [-0.2, 0) is 14.3 Å². The number of carbonyl (C=O) groups is 1. The highest BCUT2D eigenvalue weighted by Crippen LogP contribution is 2.22. The van der Waals surface area contributed by atoms with Crippen molar-refractivity contribution in [2.45, 2.75) is 249 Å². The SMILES string of the molecule is CCCCCC/C=C\C/C=C\CCCCCCCCCC(=O)NC(COC1OC(CO)C(O)C(O)C1O)C(O)/C=C/CCCCCCCCCCCCCCCC. The van der Waals surface area contributed by atoms with E-state index in [0.29, 0.717) is 6.42 Å². The summed E-state index contributed by atoms with van der Waals surface area (Å²) in [4.78, 5) is 13.0. The zero-order valence-electron chi connectivity index (χ0n) is 36.6. The van der Waals surface area contributed by atoms with Gasteiger partial charge >= 0.3 is 0 Å². The van der Waals surface area contributed by atoms with Crippen LogP contribution in [-0.4, -0.2) is 87.5 Å². The van der Waals surface area contributed by atoms with E-state index in [0.717, 1.165) is 57.8 Å². The first-order valence-electron chi connectivity index (χ1n) is 23.7. The van der Waals surface area contributed by atoms with Gasteiger partial charge in [0, 0.05) is 6.42 Å². The molecule has 0 aromatic heterocycles. The van der Waals surface area contributed by atoms with Crippen LogP contribution in [0.4, 0.5) is 0 Å². The third-order valence-corrected chi connectivity index (χ3v) is 11.2. The molecule has 57 heavy (non-hydrogen) atoms. The van der Waals surface area contributed by atoms with Crippen molar-refractivity contribution >= 4 is 5.91 Å². The van der Waals surface area contributed by atoms with Gasteiger partial charge in [-0.25, -0.2) is 0 Å². The number of allylic oxidation sites excluding steroid dienone is 5. The molecule has 9 nitrogen and oxygen atoms in total. The molecule has 9 heteroatoms. The quantitative estimate of drug-likeness (QED) is 0.0266. The Bertz CT molecular complexity index is 987. The normalized spacial score (nSPS) is 21.3. The number of aliphatic hydroxyl groups excluding tert-OH is 5. The van der Waals surface area contributed by atoms with Gasteiger partial charge in [0.25, 0.3) is 0 Å². The van der Waals surface area contributed by atoms with Crippen LogP contribution in [0.5, 0.6) is 0 Å². The van der Waals surface area contributed by atoms with E-state index >= 15 is 0 Å². The zero-order chi connectivity index (χ0) is 41.6. The number of hydrogen-bond donors (Lipinski definition) is 6. The first-order chi connectivity index (χ1) is 27.8. The van der Waals surface area contributed by atoms with Gasteiger partial charge in [0.05, 0.1) is 25.4 Å². The van der Waals surface area contributed by atoms with Gasteiger partial charge in [0.1, 0.15) is 24.4 Å². The molecule has 7 atom stereocenters. The molecular weight excluding hydrogens is 719 g/mol. The number of carbonyl (C=O) groups excluding carboxylic acids is 1. The largest absolute Gasteiger partial charge is 0.394 e. The lowest BCUT2D eigenvalue weighted by Crippen LogP contribution is -2.60. The highest BCUT2D eigenvalue weighted by Gasteiger charge is 2.44. The van der Waals surface area contributed by atoms with Crippen LogP contribution >= 0.6 is 0 Å². The van der Waals surface area contributed by atoms with Crippen molar-refractivity contribution in [3.63, 3.8) is 0 Å². The molecule has 1 heterocycles. The number of aliphatic hydroxyl groups is 5. The van der Waals surface area contributed by atoms with Crippen LogP contribution in [0, 0.1) is 0 Å². The summed E-state index contributed by atoms with van der Waals surface area (Å²) in [5.74, 6) is -0.185. The topological polar surface area (TPSA) is 149 Å². The molecule has 1 amide bonds. The van der Waals surface area contributed by atoms with E-state index in [2.05, 4.69) is 43.5 Å². The van der Waals surface area contributed by atoms with Gasteiger partial charge in [0.2, 0.25) is 5.91 Å². The Hall–Kier alpha value is -1.59. The van der Waals surface area contributed by atoms with Crippen LogP contribution < -0.4 is 5.32 Å². The van der Waals surface area contributed by atoms with Gasteiger partial charge < -0.3 is 40.3 Å². The molecule has 0 aromatic rings. The fourth-order valence-corrected chi connectivity index (χ4v) is 7.36. The molecular formula is C48H89NO8. The van der Waals surface area contributed by atoms with E-state index in [1.807, 2.05) is 6.08 Å². The van der Waals surface area contributed by atoms with Crippen molar-refractivity contribution in [2.24, 2.45) is 0 Å². The fourth-order valence-electron chi connectivity index (χ4n) is 7.36. The summed E-state index contributed by atoms with van der Waals surface area (Å²) < 4.78 is 11.2. The van der Waals surface area contributed by atoms with E-state index in [9.17, 15) is 30.3 Å². The summed E-state index contributed by atoms with van der Waals surface area (Å²) in [5, 5.41) is 54.2. The summed E-state index contributed by atoms with van der Waals surface area (Å²) in [6.45, 7) is 3.75. The monoisotopic (exact) mass is 808 g/mol. The van der Waals surface area contributed by atoms with Crippen molar-refractivity contribution in [2.75, 3.05) is 13.2 Å². The molecule has 0 aliphatic carbocycles. The number of rotatable bonds is 39. The number of nitrogens with one attached hydrogen (secondary N) is 1. The van der Waals surface area contributed by atoms with E-state index < -0.39 is 49.5 Å². The molecule has 0 bridgehead atoms. The van der Waals surface area contributed by atoms with Crippen LogP contribution in [0.2, 0.25) is 0 Å². The van der Waals surface area contributed by atoms with Gasteiger partial charge in [-0.1, -0.05) is 185 Å². The van der Waals surface area contributed by atoms with Crippen molar-refractivity contribution < 1.29 is 39.8 Å². The van der Waals surface area contributed by atoms with E-state index in [1.165, 1.54) is 128 Å². The van der Waals surface area contributed by atoms with Crippen LogP contribution in [0.25, 0.3) is 0 Å².